The van der Waals surface area contributed by atoms with Gasteiger partial charge in [0.05, 0.1) is 11.5 Å². The van der Waals surface area contributed by atoms with Crippen molar-refractivity contribution >= 4 is 0 Å². The zero-order valence-electron chi connectivity index (χ0n) is 14.0. The number of rotatable bonds is 4. The van der Waals surface area contributed by atoms with Crippen molar-refractivity contribution in [2.75, 3.05) is 13.2 Å². The SMILES string of the molecule is C[C@H](NC1CCC(C#N)(c2ccncc2)CC1)C1CCOCC1. The van der Waals surface area contributed by atoms with Crippen LogP contribution in [0.25, 0.3) is 0 Å². The smallest absolute Gasteiger partial charge is 0.0824 e. The maximum absolute atomic E-state index is 9.76. The highest BCUT2D eigenvalue weighted by Crippen LogP contribution is 2.39. The molecule has 3 rings (SSSR count). The van der Waals surface area contributed by atoms with Crippen molar-refractivity contribution in [2.45, 2.75) is 62.9 Å². The number of ether oxygens (including phenoxy) is 1. The first-order valence-corrected chi connectivity index (χ1v) is 8.89. The second-order valence-corrected chi connectivity index (χ2v) is 7.11. The lowest BCUT2D eigenvalue weighted by atomic mass is 9.69. The Balaban J connectivity index is 1.56. The minimum atomic E-state index is -0.316. The maximum Gasteiger partial charge on any atom is 0.0824 e. The Labute approximate surface area is 139 Å². The van der Waals surface area contributed by atoms with Crippen molar-refractivity contribution in [1.82, 2.24) is 10.3 Å². The van der Waals surface area contributed by atoms with Gasteiger partial charge < -0.3 is 10.1 Å². The molecule has 1 saturated heterocycles. The largest absolute Gasteiger partial charge is 0.381 e. The molecule has 1 atom stereocenters. The van der Waals surface area contributed by atoms with E-state index >= 15 is 0 Å². The summed E-state index contributed by atoms with van der Waals surface area (Å²) >= 11 is 0. The van der Waals surface area contributed by atoms with E-state index in [1.807, 2.05) is 12.1 Å². The number of pyridine rings is 1. The van der Waals surface area contributed by atoms with Gasteiger partial charge in [-0.3, -0.25) is 4.98 Å². The van der Waals surface area contributed by atoms with E-state index in [9.17, 15) is 5.26 Å². The summed E-state index contributed by atoms with van der Waals surface area (Å²) in [6.07, 6.45) is 9.95. The van der Waals surface area contributed by atoms with Crippen molar-refractivity contribution in [3.63, 3.8) is 0 Å². The Morgan fingerprint density at radius 3 is 2.48 bits per heavy atom. The van der Waals surface area contributed by atoms with E-state index in [1.165, 1.54) is 12.8 Å². The van der Waals surface area contributed by atoms with Gasteiger partial charge in [0, 0.05) is 37.7 Å². The van der Waals surface area contributed by atoms with Crippen molar-refractivity contribution in [2.24, 2.45) is 5.92 Å². The number of nitrogens with zero attached hydrogens (tertiary/aromatic N) is 2. The van der Waals surface area contributed by atoms with Gasteiger partial charge in [-0.25, -0.2) is 0 Å². The van der Waals surface area contributed by atoms with Gasteiger partial charge in [0.15, 0.2) is 0 Å². The molecule has 2 heterocycles. The molecule has 1 aliphatic heterocycles. The van der Waals surface area contributed by atoms with E-state index in [-0.39, 0.29) is 5.41 Å². The fraction of sp³-hybridized carbons (Fsp3) is 0.684. The minimum Gasteiger partial charge on any atom is -0.381 e. The van der Waals surface area contributed by atoms with Crippen LogP contribution in [0.1, 0.15) is 51.0 Å². The lowest BCUT2D eigenvalue weighted by Gasteiger charge is -2.38. The van der Waals surface area contributed by atoms with Crippen LogP contribution < -0.4 is 5.32 Å². The van der Waals surface area contributed by atoms with Crippen LogP contribution in [-0.2, 0) is 10.2 Å². The monoisotopic (exact) mass is 313 g/mol. The third-order valence-electron chi connectivity index (χ3n) is 5.76. The van der Waals surface area contributed by atoms with Gasteiger partial charge in [-0.05, 0) is 69.1 Å². The standard InChI is InChI=1S/C19H27N3O/c1-15(16-6-12-23-13-7-16)22-18-2-8-19(14-20,9-3-18)17-4-10-21-11-5-17/h4-5,10-11,15-16,18,22H,2-3,6-9,12-13H2,1H3/t15-,18?,19?/m0/s1. The first kappa shape index (κ1) is 16.4. The van der Waals surface area contributed by atoms with Gasteiger partial charge in [-0.15, -0.1) is 0 Å². The van der Waals surface area contributed by atoms with Gasteiger partial charge in [-0.1, -0.05) is 0 Å². The topological polar surface area (TPSA) is 57.9 Å². The Hall–Kier alpha value is -1.44. The molecule has 124 valence electrons. The molecule has 23 heavy (non-hydrogen) atoms. The van der Waals surface area contributed by atoms with Crippen LogP contribution in [0.3, 0.4) is 0 Å². The van der Waals surface area contributed by atoms with Gasteiger partial charge in [0.1, 0.15) is 0 Å². The van der Waals surface area contributed by atoms with Crippen LogP contribution in [0.15, 0.2) is 24.5 Å². The van der Waals surface area contributed by atoms with Crippen molar-refractivity contribution < 1.29 is 4.74 Å². The average molecular weight is 313 g/mol. The summed E-state index contributed by atoms with van der Waals surface area (Å²) in [5, 5.41) is 13.6. The molecule has 4 nitrogen and oxygen atoms in total. The predicted octanol–water partition coefficient (Wildman–Crippen LogP) is 3.19. The number of hydrogen-bond acceptors (Lipinski definition) is 4. The second kappa shape index (κ2) is 7.42. The van der Waals surface area contributed by atoms with Crippen LogP contribution in [0.5, 0.6) is 0 Å². The fourth-order valence-electron chi connectivity index (χ4n) is 4.14. The second-order valence-electron chi connectivity index (χ2n) is 7.11. The van der Waals surface area contributed by atoms with Crippen molar-refractivity contribution in [1.29, 1.82) is 5.26 Å². The quantitative estimate of drug-likeness (QED) is 0.927. The molecular weight excluding hydrogens is 286 g/mol. The van der Waals surface area contributed by atoms with E-state index in [1.54, 1.807) is 12.4 Å². The summed E-state index contributed by atoms with van der Waals surface area (Å²) in [7, 11) is 0. The molecule has 0 aromatic carbocycles. The average Bonchev–Trinajstić information content (AvgIpc) is 2.64. The fourth-order valence-corrected chi connectivity index (χ4v) is 4.14. The van der Waals surface area contributed by atoms with Crippen LogP contribution in [0.2, 0.25) is 0 Å². The van der Waals surface area contributed by atoms with E-state index in [0.29, 0.717) is 12.1 Å². The molecule has 0 amide bonds. The summed E-state index contributed by atoms with van der Waals surface area (Å²) in [5.74, 6) is 0.728. The van der Waals surface area contributed by atoms with Crippen LogP contribution in [-0.4, -0.2) is 30.3 Å². The summed E-state index contributed by atoms with van der Waals surface area (Å²) < 4.78 is 5.46. The molecule has 1 saturated carbocycles. The molecule has 1 aromatic rings. The third-order valence-corrected chi connectivity index (χ3v) is 5.76. The molecule has 2 aliphatic rings. The van der Waals surface area contributed by atoms with Crippen LogP contribution >= 0.6 is 0 Å². The zero-order chi connectivity index (χ0) is 16.1. The highest BCUT2D eigenvalue weighted by Gasteiger charge is 2.37. The molecule has 4 heteroatoms. The Kier molecular flexibility index (Phi) is 5.30. The molecular formula is C19H27N3O. The van der Waals surface area contributed by atoms with E-state index < -0.39 is 0 Å². The van der Waals surface area contributed by atoms with Gasteiger partial charge >= 0.3 is 0 Å². The first-order chi connectivity index (χ1) is 11.2. The first-order valence-electron chi connectivity index (χ1n) is 8.89. The molecule has 0 spiro atoms. The third kappa shape index (κ3) is 3.73. The Morgan fingerprint density at radius 1 is 1.22 bits per heavy atom. The number of aromatic nitrogens is 1. The molecule has 1 aliphatic carbocycles. The number of nitriles is 1. The number of nitrogens with one attached hydrogen (secondary N) is 1. The summed E-state index contributed by atoms with van der Waals surface area (Å²) in [5.41, 5.74) is 0.814. The van der Waals surface area contributed by atoms with E-state index in [4.69, 9.17) is 4.74 Å². The molecule has 0 radical (unpaired) electrons. The molecule has 1 aromatic heterocycles. The highest BCUT2D eigenvalue weighted by molar-refractivity contribution is 5.31. The lowest BCUT2D eigenvalue weighted by Crippen LogP contribution is -2.46. The van der Waals surface area contributed by atoms with E-state index in [2.05, 4.69) is 23.3 Å². The summed E-state index contributed by atoms with van der Waals surface area (Å²) in [6, 6.07) is 7.68. The van der Waals surface area contributed by atoms with E-state index in [0.717, 1.165) is 50.4 Å². The zero-order valence-corrected chi connectivity index (χ0v) is 14.0. The highest BCUT2D eigenvalue weighted by atomic mass is 16.5. The number of hydrogen-bond donors (Lipinski definition) is 1. The minimum absolute atomic E-state index is 0.316. The Bertz CT molecular complexity index is 525. The van der Waals surface area contributed by atoms with Gasteiger partial charge in [0.25, 0.3) is 0 Å². The summed E-state index contributed by atoms with van der Waals surface area (Å²) in [4.78, 5) is 4.08. The summed E-state index contributed by atoms with van der Waals surface area (Å²) in [6.45, 7) is 4.12. The Morgan fingerprint density at radius 2 is 1.87 bits per heavy atom. The van der Waals surface area contributed by atoms with Gasteiger partial charge in [-0.2, -0.15) is 5.26 Å². The normalized spacial score (nSPS) is 30.5. The van der Waals surface area contributed by atoms with Crippen LogP contribution in [0, 0.1) is 17.2 Å². The lowest BCUT2D eigenvalue weighted by molar-refractivity contribution is 0.0532. The van der Waals surface area contributed by atoms with Gasteiger partial charge in [0.2, 0.25) is 0 Å². The molecule has 2 fully saturated rings. The molecule has 1 N–H and O–H groups in total. The van der Waals surface area contributed by atoms with Crippen molar-refractivity contribution in [3.05, 3.63) is 30.1 Å². The maximum atomic E-state index is 9.76. The molecule has 0 bridgehead atoms. The van der Waals surface area contributed by atoms with Crippen LogP contribution in [0.4, 0.5) is 0 Å². The predicted molar refractivity (Wildman–Crippen MR) is 89.9 cm³/mol. The molecule has 0 unspecified atom stereocenters. The van der Waals surface area contributed by atoms with Crippen molar-refractivity contribution in [3.8, 4) is 6.07 Å².